The Morgan fingerprint density at radius 2 is 2.04 bits per heavy atom. The molecule has 0 bridgehead atoms. The summed E-state index contributed by atoms with van der Waals surface area (Å²) >= 11 is 12.2. The van der Waals surface area contributed by atoms with Gasteiger partial charge in [0.15, 0.2) is 17.3 Å². The molecule has 0 amide bonds. The van der Waals surface area contributed by atoms with Gasteiger partial charge in [-0.25, -0.2) is 9.78 Å². The standard InChI is InChI=1S/C15H14Cl2N3O4P/c1-6-11(13(17)19-7(2)12(6)16)14(18)20-23-15(22)8-3-4-9(21)10(5-8)24-25/h3-5,21H,25H2,1-2H3,(H2,18,20). The Balaban J connectivity index is 2.27. The smallest absolute Gasteiger partial charge is 0.365 e. The van der Waals surface area contributed by atoms with Crippen LogP contribution < -0.4 is 10.3 Å². The van der Waals surface area contributed by atoms with E-state index in [0.717, 1.165) is 0 Å². The second kappa shape index (κ2) is 7.87. The van der Waals surface area contributed by atoms with Gasteiger partial charge >= 0.3 is 5.97 Å². The van der Waals surface area contributed by atoms with E-state index in [4.69, 9.17) is 38.3 Å². The largest absolute Gasteiger partial charge is 0.504 e. The maximum atomic E-state index is 12.0. The van der Waals surface area contributed by atoms with E-state index in [0.29, 0.717) is 16.3 Å². The number of hydrogen-bond donors (Lipinski definition) is 2. The molecular formula is C15H14Cl2N3O4P. The molecule has 7 nitrogen and oxygen atoms in total. The molecule has 0 saturated heterocycles. The van der Waals surface area contributed by atoms with Gasteiger partial charge in [-0.2, -0.15) is 0 Å². The molecule has 1 aromatic carbocycles. The molecule has 0 fully saturated rings. The first kappa shape index (κ1) is 19.2. The third kappa shape index (κ3) is 4.12. The van der Waals surface area contributed by atoms with Crippen molar-refractivity contribution in [3.05, 3.63) is 50.8 Å². The van der Waals surface area contributed by atoms with Crippen molar-refractivity contribution < 1.29 is 19.3 Å². The fraction of sp³-hybridized carbons (Fsp3) is 0.133. The minimum Gasteiger partial charge on any atom is -0.504 e. The van der Waals surface area contributed by atoms with Crippen molar-refractivity contribution in [2.45, 2.75) is 13.8 Å². The van der Waals surface area contributed by atoms with Gasteiger partial charge < -0.3 is 20.2 Å². The zero-order valence-corrected chi connectivity index (χ0v) is 15.9. The molecule has 10 heteroatoms. The van der Waals surface area contributed by atoms with Crippen LogP contribution in [-0.4, -0.2) is 21.9 Å². The summed E-state index contributed by atoms with van der Waals surface area (Å²) in [6.45, 7) is 3.40. The van der Waals surface area contributed by atoms with Crippen LogP contribution >= 0.6 is 32.7 Å². The molecule has 0 radical (unpaired) electrons. The Morgan fingerprint density at radius 3 is 2.68 bits per heavy atom. The number of oxime groups is 1. The Kier molecular flexibility index (Phi) is 6.06. The monoisotopic (exact) mass is 401 g/mol. The van der Waals surface area contributed by atoms with Crippen LogP contribution in [0.5, 0.6) is 11.5 Å². The Bertz CT molecular complexity index is 874. The summed E-state index contributed by atoms with van der Waals surface area (Å²) < 4.78 is 4.84. The van der Waals surface area contributed by atoms with Crippen LogP contribution in [0.3, 0.4) is 0 Å². The molecule has 3 N–H and O–H groups in total. The van der Waals surface area contributed by atoms with Crippen LogP contribution in [0.15, 0.2) is 23.4 Å². The predicted octanol–water partition coefficient (Wildman–Crippen LogP) is 3.36. The van der Waals surface area contributed by atoms with Crippen molar-refractivity contribution >= 4 is 44.5 Å². The van der Waals surface area contributed by atoms with E-state index in [1.807, 2.05) is 9.47 Å². The molecule has 0 saturated carbocycles. The molecule has 0 spiro atoms. The topological polar surface area (TPSA) is 107 Å². The van der Waals surface area contributed by atoms with Crippen LogP contribution in [0, 0.1) is 13.8 Å². The van der Waals surface area contributed by atoms with Gasteiger partial charge in [0.1, 0.15) is 5.15 Å². The highest BCUT2D eigenvalue weighted by Gasteiger charge is 2.17. The minimum atomic E-state index is -0.800. The summed E-state index contributed by atoms with van der Waals surface area (Å²) in [5, 5.41) is 13.6. The number of nitrogens with zero attached hydrogens (tertiary/aromatic N) is 2. The number of amidine groups is 1. The number of phenols is 1. The average molecular weight is 402 g/mol. The number of carbonyl (C=O) groups excluding carboxylic acids is 1. The first-order valence-corrected chi connectivity index (χ1v) is 8.06. The highest BCUT2D eigenvalue weighted by atomic mass is 35.5. The molecule has 1 atom stereocenters. The number of benzene rings is 1. The summed E-state index contributed by atoms with van der Waals surface area (Å²) in [6, 6.07) is 3.92. The average Bonchev–Trinajstić information content (AvgIpc) is 2.58. The van der Waals surface area contributed by atoms with Gasteiger partial charge in [-0.15, -0.1) is 0 Å². The summed E-state index contributed by atoms with van der Waals surface area (Å²) in [7, 11) is 1.96. The SMILES string of the molecule is Cc1nc(Cl)c(/C(N)=N/OC(=O)c2ccc(O)c(OP)c2)c(C)c1Cl. The number of halogens is 2. The van der Waals surface area contributed by atoms with Crippen molar-refractivity contribution in [1.29, 1.82) is 0 Å². The van der Waals surface area contributed by atoms with Gasteiger partial charge in [-0.05, 0) is 37.6 Å². The zero-order chi connectivity index (χ0) is 18.7. The fourth-order valence-electron chi connectivity index (χ4n) is 2.01. The van der Waals surface area contributed by atoms with E-state index < -0.39 is 5.97 Å². The van der Waals surface area contributed by atoms with Crippen molar-refractivity contribution in [2.75, 3.05) is 0 Å². The summed E-state index contributed by atoms with van der Waals surface area (Å²) in [5.74, 6) is -0.986. The van der Waals surface area contributed by atoms with E-state index >= 15 is 0 Å². The molecule has 132 valence electrons. The molecule has 2 aromatic rings. The number of aromatic hydroxyl groups is 1. The number of phenolic OH excluding ortho intramolecular Hbond substituents is 1. The van der Waals surface area contributed by atoms with E-state index in [-0.39, 0.29) is 33.6 Å². The van der Waals surface area contributed by atoms with Gasteiger partial charge in [0.2, 0.25) is 0 Å². The lowest BCUT2D eigenvalue weighted by Gasteiger charge is -2.10. The molecule has 1 heterocycles. The first-order chi connectivity index (χ1) is 11.8. The molecule has 0 aliphatic rings. The Hall–Kier alpha value is -2.08. The van der Waals surface area contributed by atoms with Crippen LogP contribution in [0.1, 0.15) is 27.2 Å². The van der Waals surface area contributed by atoms with Crippen LogP contribution in [0.25, 0.3) is 0 Å². The highest BCUT2D eigenvalue weighted by Crippen LogP contribution is 2.29. The third-order valence-corrected chi connectivity index (χ3v) is 4.38. The Morgan fingerprint density at radius 1 is 1.36 bits per heavy atom. The maximum Gasteiger partial charge on any atom is 0.365 e. The number of aromatic nitrogens is 1. The minimum absolute atomic E-state index is 0.0878. The zero-order valence-electron chi connectivity index (χ0n) is 13.2. The van der Waals surface area contributed by atoms with Gasteiger partial charge in [0, 0.05) is 0 Å². The van der Waals surface area contributed by atoms with Crippen LogP contribution in [0.4, 0.5) is 0 Å². The van der Waals surface area contributed by atoms with Crippen molar-refractivity contribution in [3.63, 3.8) is 0 Å². The molecule has 25 heavy (non-hydrogen) atoms. The second-order valence-electron chi connectivity index (χ2n) is 4.96. The van der Waals surface area contributed by atoms with Crippen LogP contribution in [-0.2, 0) is 4.84 Å². The predicted molar refractivity (Wildman–Crippen MR) is 98.3 cm³/mol. The third-order valence-electron chi connectivity index (χ3n) is 3.30. The maximum absolute atomic E-state index is 12.0. The van der Waals surface area contributed by atoms with Gasteiger partial charge in [0.05, 0.1) is 31.3 Å². The Labute approximate surface area is 156 Å². The number of pyridine rings is 1. The van der Waals surface area contributed by atoms with Gasteiger partial charge in [0.25, 0.3) is 0 Å². The van der Waals surface area contributed by atoms with E-state index in [1.54, 1.807) is 13.8 Å². The van der Waals surface area contributed by atoms with E-state index in [9.17, 15) is 9.90 Å². The van der Waals surface area contributed by atoms with Crippen molar-refractivity contribution in [1.82, 2.24) is 4.98 Å². The number of carbonyl (C=O) groups is 1. The molecule has 0 aliphatic heterocycles. The van der Waals surface area contributed by atoms with Gasteiger partial charge in [-0.1, -0.05) is 28.4 Å². The highest BCUT2D eigenvalue weighted by molar-refractivity contribution is 7.10. The van der Waals surface area contributed by atoms with Crippen LogP contribution in [0.2, 0.25) is 10.2 Å². The van der Waals surface area contributed by atoms with E-state index in [2.05, 4.69) is 10.1 Å². The quantitative estimate of drug-likeness (QED) is 0.203. The number of hydrogen-bond acceptors (Lipinski definition) is 6. The van der Waals surface area contributed by atoms with Crippen molar-refractivity contribution in [2.24, 2.45) is 10.9 Å². The summed E-state index contributed by atoms with van der Waals surface area (Å²) in [5.41, 5.74) is 7.35. The number of nitrogens with two attached hydrogens (primary N) is 1. The molecule has 1 aromatic heterocycles. The first-order valence-electron chi connectivity index (χ1n) is 6.83. The van der Waals surface area contributed by atoms with Gasteiger partial charge in [-0.3, -0.25) is 0 Å². The lowest BCUT2D eigenvalue weighted by atomic mass is 10.1. The summed E-state index contributed by atoms with van der Waals surface area (Å²) in [6.07, 6.45) is 0. The lowest BCUT2D eigenvalue weighted by molar-refractivity contribution is 0.0515. The number of rotatable bonds is 4. The molecule has 0 aliphatic carbocycles. The fourth-order valence-corrected chi connectivity index (χ4v) is 2.70. The number of aryl methyl sites for hydroxylation is 1. The molecule has 1 unspecified atom stereocenters. The molecule has 2 rings (SSSR count). The normalized spacial score (nSPS) is 11.3. The molecular weight excluding hydrogens is 388 g/mol. The lowest BCUT2D eigenvalue weighted by Crippen LogP contribution is -2.18. The second-order valence-corrected chi connectivity index (χ2v) is 5.93. The summed E-state index contributed by atoms with van der Waals surface area (Å²) in [4.78, 5) is 20.9. The van der Waals surface area contributed by atoms with E-state index in [1.165, 1.54) is 18.2 Å². The van der Waals surface area contributed by atoms with Crippen molar-refractivity contribution in [3.8, 4) is 11.5 Å².